The molecule has 0 atom stereocenters. The predicted molar refractivity (Wildman–Crippen MR) is 67.1 cm³/mol. The minimum absolute atomic E-state index is 0.244. The van der Waals surface area contributed by atoms with Gasteiger partial charge in [0.25, 0.3) is 0 Å². The summed E-state index contributed by atoms with van der Waals surface area (Å²) in [6.45, 7) is 7.35. The smallest absolute Gasteiger partial charge is 0.122 e. The standard InChI is InChI=1S/C14H22O2/c1-11(2)13-7-6-12(3)10-14(13)16-9-5-4-8-15/h6-7,10-11,15H,4-5,8-9H2,1-3H3. The molecule has 0 saturated heterocycles. The molecule has 1 N–H and O–H groups in total. The Labute approximate surface area is 98.3 Å². The van der Waals surface area contributed by atoms with Crippen LogP contribution in [0.4, 0.5) is 0 Å². The summed E-state index contributed by atoms with van der Waals surface area (Å²) in [6.07, 6.45) is 1.71. The van der Waals surface area contributed by atoms with Crippen molar-refractivity contribution in [1.29, 1.82) is 0 Å². The number of aliphatic hydroxyl groups excluding tert-OH is 1. The van der Waals surface area contributed by atoms with E-state index in [9.17, 15) is 0 Å². The van der Waals surface area contributed by atoms with Crippen molar-refractivity contribution >= 4 is 0 Å². The van der Waals surface area contributed by atoms with Crippen molar-refractivity contribution in [1.82, 2.24) is 0 Å². The van der Waals surface area contributed by atoms with Gasteiger partial charge in [0.05, 0.1) is 6.61 Å². The predicted octanol–water partition coefficient (Wildman–Crippen LogP) is 3.27. The van der Waals surface area contributed by atoms with Gasteiger partial charge in [-0.25, -0.2) is 0 Å². The maximum absolute atomic E-state index is 8.69. The Bertz CT molecular complexity index is 319. The van der Waals surface area contributed by atoms with Crippen molar-refractivity contribution in [2.45, 2.75) is 39.5 Å². The third kappa shape index (κ3) is 3.86. The van der Waals surface area contributed by atoms with E-state index in [1.165, 1.54) is 11.1 Å². The first-order chi connectivity index (χ1) is 7.65. The molecule has 1 aromatic carbocycles. The lowest BCUT2D eigenvalue weighted by atomic mass is 10.0. The molecular weight excluding hydrogens is 200 g/mol. The summed E-state index contributed by atoms with van der Waals surface area (Å²) in [4.78, 5) is 0. The number of hydrogen-bond donors (Lipinski definition) is 1. The lowest BCUT2D eigenvalue weighted by Crippen LogP contribution is -2.02. The fourth-order valence-electron chi connectivity index (χ4n) is 1.64. The van der Waals surface area contributed by atoms with Crippen LogP contribution in [-0.2, 0) is 0 Å². The second kappa shape index (κ2) is 6.54. The lowest BCUT2D eigenvalue weighted by Gasteiger charge is -2.14. The number of ether oxygens (including phenoxy) is 1. The topological polar surface area (TPSA) is 29.5 Å². The van der Waals surface area contributed by atoms with E-state index >= 15 is 0 Å². The Morgan fingerprint density at radius 3 is 2.62 bits per heavy atom. The molecule has 16 heavy (non-hydrogen) atoms. The highest BCUT2D eigenvalue weighted by molar-refractivity contribution is 5.39. The van der Waals surface area contributed by atoms with Crippen molar-refractivity contribution in [2.24, 2.45) is 0 Å². The number of unbranched alkanes of at least 4 members (excludes halogenated alkanes) is 1. The Hall–Kier alpha value is -1.02. The van der Waals surface area contributed by atoms with Crippen LogP contribution in [0, 0.1) is 6.92 Å². The van der Waals surface area contributed by atoms with Gasteiger partial charge in [-0.3, -0.25) is 0 Å². The third-order valence-electron chi connectivity index (χ3n) is 2.60. The van der Waals surface area contributed by atoms with Crippen LogP contribution in [0.1, 0.15) is 43.7 Å². The zero-order valence-electron chi connectivity index (χ0n) is 10.5. The summed E-state index contributed by atoms with van der Waals surface area (Å²) in [5, 5.41) is 8.69. The Balaban J connectivity index is 2.65. The number of aliphatic hydroxyl groups is 1. The van der Waals surface area contributed by atoms with Crippen LogP contribution in [0.2, 0.25) is 0 Å². The highest BCUT2D eigenvalue weighted by Gasteiger charge is 2.07. The molecular formula is C14H22O2. The molecule has 0 saturated carbocycles. The van der Waals surface area contributed by atoms with Gasteiger partial charge in [-0.15, -0.1) is 0 Å². The number of hydrogen-bond acceptors (Lipinski definition) is 2. The van der Waals surface area contributed by atoms with Gasteiger partial charge in [0.2, 0.25) is 0 Å². The summed E-state index contributed by atoms with van der Waals surface area (Å²) < 4.78 is 5.77. The van der Waals surface area contributed by atoms with Crippen molar-refractivity contribution in [3.63, 3.8) is 0 Å². The third-order valence-corrected chi connectivity index (χ3v) is 2.60. The minimum atomic E-state index is 0.244. The molecule has 0 aromatic heterocycles. The van der Waals surface area contributed by atoms with Crippen LogP contribution in [0.3, 0.4) is 0 Å². The zero-order chi connectivity index (χ0) is 12.0. The second-order valence-electron chi connectivity index (χ2n) is 4.48. The largest absolute Gasteiger partial charge is 0.493 e. The van der Waals surface area contributed by atoms with E-state index in [-0.39, 0.29) is 6.61 Å². The Morgan fingerprint density at radius 2 is 2.00 bits per heavy atom. The van der Waals surface area contributed by atoms with E-state index in [1.54, 1.807) is 0 Å². The SMILES string of the molecule is Cc1ccc(C(C)C)c(OCCCCO)c1. The summed E-state index contributed by atoms with van der Waals surface area (Å²) in [7, 11) is 0. The lowest BCUT2D eigenvalue weighted by molar-refractivity contribution is 0.252. The first-order valence-corrected chi connectivity index (χ1v) is 5.99. The van der Waals surface area contributed by atoms with Gasteiger partial charge in [0.1, 0.15) is 5.75 Å². The van der Waals surface area contributed by atoms with Gasteiger partial charge >= 0.3 is 0 Å². The molecule has 1 rings (SSSR count). The van der Waals surface area contributed by atoms with E-state index in [2.05, 4.69) is 39.0 Å². The average Bonchev–Trinajstić information content (AvgIpc) is 2.24. The molecule has 0 fully saturated rings. The van der Waals surface area contributed by atoms with E-state index in [0.29, 0.717) is 12.5 Å². The Morgan fingerprint density at radius 1 is 1.25 bits per heavy atom. The van der Waals surface area contributed by atoms with Gasteiger partial charge in [-0.05, 0) is 42.9 Å². The van der Waals surface area contributed by atoms with Crippen molar-refractivity contribution < 1.29 is 9.84 Å². The fourth-order valence-corrected chi connectivity index (χ4v) is 1.64. The van der Waals surface area contributed by atoms with Crippen LogP contribution in [0.15, 0.2) is 18.2 Å². The first kappa shape index (κ1) is 13.0. The van der Waals surface area contributed by atoms with Crippen LogP contribution in [0.25, 0.3) is 0 Å². The van der Waals surface area contributed by atoms with E-state index in [4.69, 9.17) is 9.84 Å². The Kier molecular flexibility index (Phi) is 5.33. The molecule has 0 radical (unpaired) electrons. The molecule has 2 heteroatoms. The highest BCUT2D eigenvalue weighted by Crippen LogP contribution is 2.27. The normalized spacial score (nSPS) is 10.8. The monoisotopic (exact) mass is 222 g/mol. The fraction of sp³-hybridized carbons (Fsp3) is 0.571. The molecule has 0 heterocycles. The number of aryl methyl sites for hydroxylation is 1. The first-order valence-electron chi connectivity index (χ1n) is 5.99. The number of benzene rings is 1. The van der Waals surface area contributed by atoms with Crippen LogP contribution < -0.4 is 4.74 Å². The van der Waals surface area contributed by atoms with E-state index in [0.717, 1.165) is 18.6 Å². The molecule has 0 aliphatic rings. The summed E-state index contributed by atoms with van der Waals surface area (Å²) in [6, 6.07) is 6.35. The van der Waals surface area contributed by atoms with Crippen LogP contribution >= 0.6 is 0 Å². The maximum atomic E-state index is 8.69. The molecule has 0 aliphatic carbocycles. The molecule has 1 aromatic rings. The maximum Gasteiger partial charge on any atom is 0.122 e. The molecule has 0 spiro atoms. The summed E-state index contributed by atoms with van der Waals surface area (Å²) in [5.41, 5.74) is 2.48. The zero-order valence-corrected chi connectivity index (χ0v) is 10.5. The van der Waals surface area contributed by atoms with E-state index in [1.807, 2.05) is 0 Å². The molecule has 0 bridgehead atoms. The van der Waals surface area contributed by atoms with Crippen LogP contribution in [-0.4, -0.2) is 18.3 Å². The van der Waals surface area contributed by atoms with Gasteiger partial charge in [-0.1, -0.05) is 26.0 Å². The molecule has 0 amide bonds. The van der Waals surface area contributed by atoms with Gasteiger partial charge in [0.15, 0.2) is 0 Å². The quantitative estimate of drug-likeness (QED) is 0.748. The summed E-state index contributed by atoms with van der Waals surface area (Å²) in [5.74, 6) is 1.47. The van der Waals surface area contributed by atoms with Crippen molar-refractivity contribution in [3.05, 3.63) is 29.3 Å². The molecule has 0 aliphatic heterocycles. The average molecular weight is 222 g/mol. The molecule has 2 nitrogen and oxygen atoms in total. The molecule has 90 valence electrons. The highest BCUT2D eigenvalue weighted by atomic mass is 16.5. The van der Waals surface area contributed by atoms with E-state index < -0.39 is 0 Å². The number of rotatable bonds is 6. The van der Waals surface area contributed by atoms with Crippen molar-refractivity contribution in [2.75, 3.05) is 13.2 Å². The molecule has 0 unspecified atom stereocenters. The summed E-state index contributed by atoms with van der Waals surface area (Å²) >= 11 is 0. The van der Waals surface area contributed by atoms with Crippen LogP contribution in [0.5, 0.6) is 5.75 Å². The van der Waals surface area contributed by atoms with Gasteiger partial charge in [0, 0.05) is 6.61 Å². The second-order valence-corrected chi connectivity index (χ2v) is 4.48. The van der Waals surface area contributed by atoms with Gasteiger partial charge < -0.3 is 9.84 Å². The van der Waals surface area contributed by atoms with Gasteiger partial charge in [-0.2, -0.15) is 0 Å². The minimum Gasteiger partial charge on any atom is -0.493 e. The van der Waals surface area contributed by atoms with Crippen molar-refractivity contribution in [3.8, 4) is 5.75 Å².